The van der Waals surface area contributed by atoms with Crippen LogP contribution in [0.4, 0.5) is 0 Å². The average Bonchev–Trinajstić information content (AvgIpc) is 3.14. The molecule has 0 aliphatic rings. The van der Waals surface area contributed by atoms with Crippen LogP contribution in [0.2, 0.25) is 5.02 Å². The van der Waals surface area contributed by atoms with Crippen molar-refractivity contribution in [1.82, 2.24) is 14.5 Å². The Morgan fingerprint density at radius 1 is 1.12 bits per heavy atom. The lowest BCUT2D eigenvalue weighted by molar-refractivity contribution is 0.572. The second-order valence-electron chi connectivity index (χ2n) is 5.40. The molecule has 4 rings (SSSR count). The van der Waals surface area contributed by atoms with E-state index >= 15 is 0 Å². The van der Waals surface area contributed by atoms with Crippen LogP contribution < -0.4 is 5.56 Å². The van der Waals surface area contributed by atoms with E-state index in [-0.39, 0.29) is 5.56 Å². The van der Waals surface area contributed by atoms with Crippen LogP contribution in [0.3, 0.4) is 0 Å². The van der Waals surface area contributed by atoms with Gasteiger partial charge in [-0.2, -0.15) is 0 Å². The average molecular weight is 338 g/mol. The van der Waals surface area contributed by atoms with E-state index in [0.717, 1.165) is 11.1 Å². The van der Waals surface area contributed by atoms with Crippen molar-refractivity contribution in [3.05, 3.63) is 82.3 Å². The zero-order valence-electron chi connectivity index (χ0n) is 12.5. The van der Waals surface area contributed by atoms with Gasteiger partial charge in [-0.1, -0.05) is 29.8 Å². The van der Waals surface area contributed by atoms with E-state index in [1.54, 1.807) is 35.3 Å². The van der Waals surface area contributed by atoms with Crippen LogP contribution in [0.25, 0.3) is 22.2 Å². The molecule has 0 saturated carbocycles. The summed E-state index contributed by atoms with van der Waals surface area (Å²) in [5.74, 6) is 0.643. The Balaban J connectivity index is 1.74. The fraction of sp³-hybridized carbons (Fsp3) is 0.0556. The second-order valence-corrected chi connectivity index (χ2v) is 5.84. The molecule has 2 aromatic heterocycles. The Morgan fingerprint density at radius 2 is 1.96 bits per heavy atom. The van der Waals surface area contributed by atoms with Gasteiger partial charge in [0, 0.05) is 10.6 Å². The predicted molar refractivity (Wildman–Crippen MR) is 92.1 cm³/mol. The number of rotatable bonds is 3. The van der Waals surface area contributed by atoms with Crippen LogP contribution in [-0.2, 0) is 6.54 Å². The summed E-state index contributed by atoms with van der Waals surface area (Å²) >= 11 is 5.89. The number of aromatic nitrogens is 3. The van der Waals surface area contributed by atoms with Crippen LogP contribution in [0.15, 0.2) is 70.6 Å². The molecular formula is C18H12ClN3O2. The van der Waals surface area contributed by atoms with E-state index in [2.05, 4.69) is 9.97 Å². The minimum atomic E-state index is -0.0842. The summed E-state index contributed by atoms with van der Waals surface area (Å²) < 4.78 is 6.86. The molecule has 0 aliphatic heterocycles. The molecule has 0 fully saturated rings. The molecule has 2 heterocycles. The summed E-state index contributed by atoms with van der Waals surface area (Å²) in [7, 11) is 0. The first kappa shape index (κ1) is 14.7. The normalized spacial score (nSPS) is 11.0. The molecule has 0 amide bonds. The molecule has 118 valence electrons. The number of hydrogen-bond acceptors (Lipinski definition) is 4. The Bertz CT molecular complexity index is 1050. The fourth-order valence-electron chi connectivity index (χ4n) is 2.57. The van der Waals surface area contributed by atoms with Crippen molar-refractivity contribution in [3.63, 3.8) is 0 Å². The first-order valence-corrected chi connectivity index (χ1v) is 7.71. The van der Waals surface area contributed by atoms with Gasteiger partial charge in [0.05, 0.1) is 30.0 Å². The maximum absolute atomic E-state index is 12.7. The largest absolute Gasteiger partial charge is 0.444 e. The molecule has 0 atom stereocenters. The van der Waals surface area contributed by atoms with E-state index in [0.29, 0.717) is 28.2 Å². The summed E-state index contributed by atoms with van der Waals surface area (Å²) in [4.78, 5) is 21.0. The van der Waals surface area contributed by atoms with Crippen LogP contribution in [0.1, 0.15) is 5.56 Å². The van der Waals surface area contributed by atoms with E-state index in [1.165, 1.54) is 6.39 Å². The summed E-state index contributed by atoms with van der Waals surface area (Å²) in [5, 5.41) is 1.23. The number of fused-ring (bicyclic) bond motifs is 1. The molecule has 0 saturated heterocycles. The van der Waals surface area contributed by atoms with Crippen LogP contribution in [0, 0.1) is 0 Å². The lowest BCUT2D eigenvalue weighted by Crippen LogP contribution is -2.21. The molecule has 4 aromatic rings. The van der Waals surface area contributed by atoms with E-state index in [9.17, 15) is 4.79 Å². The van der Waals surface area contributed by atoms with Gasteiger partial charge in [-0.3, -0.25) is 9.36 Å². The highest BCUT2D eigenvalue weighted by Crippen LogP contribution is 2.21. The Kier molecular flexibility index (Phi) is 3.63. The summed E-state index contributed by atoms with van der Waals surface area (Å²) in [5.41, 5.74) is 2.36. The Hall–Kier alpha value is -2.92. The molecule has 0 radical (unpaired) electrons. The number of nitrogens with zero attached hydrogens (tertiary/aromatic N) is 3. The molecule has 0 N–H and O–H groups in total. The zero-order valence-corrected chi connectivity index (χ0v) is 13.3. The van der Waals surface area contributed by atoms with Gasteiger partial charge in [-0.25, -0.2) is 9.97 Å². The highest BCUT2D eigenvalue weighted by molar-refractivity contribution is 6.30. The minimum Gasteiger partial charge on any atom is -0.444 e. The first-order valence-electron chi connectivity index (χ1n) is 7.33. The van der Waals surface area contributed by atoms with Gasteiger partial charge in [-0.15, -0.1) is 0 Å². The molecule has 6 heteroatoms. The van der Waals surface area contributed by atoms with Crippen molar-refractivity contribution < 1.29 is 4.42 Å². The van der Waals surface area contributed by atoms with Gasteiger partial charge in [0.2, 0.25) is 0 Å². The Morgan fingerprint density at radius 3 is 2.71 bits per heavy atom. The molecule has 0 aliphatic carbocycles. The molecule has 24 heavy (non-hydrogen) atoms. The molecule has 2 aromatic carbocycles. The smallest absolute Gasteiger partial charge is 0.261 e. The zero-order chi connectivity index (χ0) is 16.5. The van der Waals surface area contributed by atoms with Gasteiger partial charge < -0.3 is 4.42 Å². The van der Waals surface area contributed by atoms with E-state index in [4.69, 9.17) is 16.0 Å². The quantitative estimate of drug-likeness (QED) is 0.571. The molecule has 0 spiro atoms. The highest BCUT2D eigenvalue weighted by atomic mass is 35.5. The third-order valence-corrected chi connectivity index (χ3v) is 4.06. The van der Waals surface area contributed by atoms with Gasteiger partial charge in [-0.05, 0) is 29.8 Å². The van der Waals surface area contributed by atoms with Crippen LogP contribution in [0.5, 0.6) is 0 Å². The minimum absolute atomic E-state index is 0.0842. The van der Waals surface area contributed by atoms with Gasteiger partial charge in [0.1, 0.15) is 0 Å². The maximum atomic E-state index is 12.7. The molecule has 5 nitrogen and oxygen atoms in total. The number of halogens is 1. The number of hydrogen-bond donors (Lipinski definition) is 0. The van der Waals surface area contributed by atoms with Gasteiger partial charge in [0.25, 0.3) is 5.56 Å². The molecule has 0 unspecified atom stereocenters. The lowest BCUT2D eigenvalue weighted by Gasteiger charge is -2.07. The van der Waals surface area contributed by atoms with Crippen molar-refractivity contribution >= 4 is 22.5 Å². The lowest BCUT2D eigenvalue weighted by atomic mass is 10.1. The second kappa shape index (κ2) is 5.94. The van der Waals surface area contributed by atoms with Crippen molar-refractivity contribution in [2.45, 2.75) is 6.54 Å². The topological polar surface area (TPSA) is 60.9 Å². The highest BCUT2D eigenvalue weighted by Gasteiger charge is 2.08. The van der Waals surface area contributed by atoms with Crippen molar-refractivity contribution in [2.75, 3.05) is 0 Å². The summed E-state index contributed by atoms with van der Waals surface area (Å²) in [6, 6.07) is 12.8. The summed E-state index contributed by atoms with van der Waals surface area (Å²) in [6.45, 7) is 0.447. The SMILES string of the molecule is O=c1c2ccc(-c3cnco3)cc2ncn1Cc1ccc(Cl)cc1. The predicted octanol–water partition coefficient (Wildman–Crippen LogP) is 3.75. The summed E-state index contributed by atoms with van der Waals surface area (Å²) in [6.07, 6.45) is 4.56. The fourth-order valence-corrected chi connectivity index (χ4v) is 2.70. The first-order chi connectivity index (χ1) is 11.7. The van der Waals surface area contributed by atoms with Gasteiger partial charge in [0.15, 0.2) is 12.2 Å². The Labute approximate surface area is 142 Å². The van der Waals surface area contributed by atoms with Crippen LogP contribution >= 0.6 is 11.6 Å². The third kappa shape index (κ3) is 2.70. The number of oxazole rings is 1. The molecule has 0 bridgehead atoms. The molecular weight excluding hydrogens is 326 g/mol. The number of benzene rings is 2. The van der Waals surface area contributed by atoms with Gasteiger partial charge >= 0.3 is 0 Å². The van der Waals surface area contributed by atoms with Crippen molar-refractivity contribution in [1.29, 1.82) is 0 Å². The van der Waals surface area contributed by atoms with Crippen molar-refractivity contribution in [3.8, 4) is 11.3 Å². The monoisotopic (exact) mass is 337 g/mol. The van der Waals surface area contributed by atoms with E-state index < -0.39 is 0 Å². The third-order valence-electron chi connectivity index (χ3n) is 3.81. The van der Waals surface area contributed by atoms with Crippen LogP contribution in [-0.4, -0.2) is 14.5 Å². The maximum Gasteiger partial charge on any atom is 0.261 e. The van der Waals surface area contributed by atoms with E-state index in [1.807, 2.05) is 24.3 Å². The standard InChI is InChI=1S/C18H12ClN3O2/c19-14-4-1-12(2-5-14)9-22-10-21-16-7-13(17-8-20-11-24-17)3-6-15(16)18(22)23/h1-8,10-11H,9H2. The van der Waals surface area contributed by atoms with Crippen molar-refractivity contribution in [2.24, 2.45) is 0 Å².